The molecule has 1 fully saturated rings. The van der Waals surface area contributed by atoms with Crippen LogP contribution in [0.1, 0.15) is 108 Å². The van der Waals surface area contributed by atoms with Crippen LogP contribution < -0.4 is 0 Å². The topological polar surface area (TPSA) is 35.9 Å². The second-order valence-corrected chi connectivity index (χ2v) is 14.1. The van der Waals surface area contributed by atoms with Gasteiger partial charge in [-0.2, -0.15) is 0 Å². The van der Waals surface area contributed by atoms with E-state index in [1.807, 2.05) is 6.92 Å². The Balaban J connectivity index is 3.11. The van der Waals surface area contributed by atoms with Crippen molar-refractivity contribution in [1.29, 1.82) is 0 Å². The first-order valence-electron chi connectivity index (χ1n) is 15.4. The van der Waals surface area contributed by atoms with Gasteiger partial charge in [-0.1, -0.05) is 67.0 Å². The molecule has 1 aliphatic carbocycles. The first kappa shape index (κ1) is 34.6. The summed E-state index contributed by atoms with van der Waals surface area (Å²) in [4.78, 5) is 4.85. The van der Waals surface area contributed by atoms with Crippen molar-refractivity contribution >= 4 is 0 Å². The molecule has 0 spiro atoms. The molecule has 1 aliphatic rings. The van der Waals surface area contributed by atoms with Gasteiger partial charge in [0, 0.05) is 18.6 Å². The van der Waals surface area contributed by atoms with Crippen LogP contribution >= 0.6 is 0 Å². The zero-order valence-electron chi connectivity index (χ0n) is 27.2. The molecule has 0 heterocycles. The molecule has 4 nitrogen and oxygen atoms in total. The minimum atomic E-state index is -0.894. The summed E-state index contributed by atoms with van der Waals surface area (Å²) >= 11 is 0. The molecule has 1 N–H and O–H groups in total. The van der Waals surface area contributed by atoms with Crippen LogP contribution in [0.5, 0.6) is 0 Å². The van der Waals surface area contributed by atoms with E-state index < -0.39 is 5.60 Å². The molecular formula is C33H66N2O2. The molecule has 6 unspecified atom stereocenters. The fourth-order valence-corrected chi connectivity index (χ4v) is 6.94. The van der Waals surface area contributed by atoms with Crippen LogP contribution in [0.4, 0.5) is 0 Å². The van der Waals surface area contributed by atoms with E-state index in [0.717, 1.165) is 25.8 Å². The van der Waals surface area contributed by atoms with Gasteiger partial charge in [0.1, 0.15) is 0 Å². The molecule has 0 amide bonds. The van der Waals surface area contributed by atoms with Gasteiger partial charge in [0.05, 0.1) is 17.8 Å². The molecule has 11 atom stereocenters. The maximum Gasteiger partial charge on any atom is 0.0891 e. The lowest BCUT2D eigenvalue weighted by atomic mass is 9.73. The largest absolute Gasteiger partial charge is 0.387 e. The lowest BCUT2D eigenvalue weighted by molar-refractivity contribution is -0.175. The number of allylic oxidation sites excluding steroid dienone is 1. The molecule has 0 aromatic carbocycles. The fraction of sp³-hybridized carbons (Fsp3) is 0.939. The maximum atomic E-state index is 12.1. The summed E-state index contributed by atoms with van der Waals surface area (Å²) in [5.74, 6) is 2.70. The third-order valence-corrected chi connectivity index (χ3v) is 10.1. The second-order valence-electron chi connectivity index (χ2n) is 14.1. The monoisotopic (exact) mass is 523 g/mol. The highest BCUT2D eigenvalue weighted by Crippen LogP contribution is 2.39. The molecule has 220 valence electrons. The van der Waals surface area contributed by atoms with Crippen molar-refractivity contribution in [3.8, 4) is 0 Å². The van der Waals surface area contributed by atoms with E-state index >= 15 is 0 Å². The predicted octanol–water partition coefficient (Wildman–Crippen LogP) is 7.51. The number of nitrogens with zero attached hydrogens (tertiary/aromatic N) is 2. The molecule has 1 saturated carbocycles. The average molecular weight is 523 g/mol. The van der Waals surface area contributed by atoms with Gasteiger partial charge in [-0.05, 0) is 110 Å². The Morgan fingerprint density at radius 3 is 2.14 bits per heavy atom. The average Bonchev–Trinajstić information content (AvgIpc) is 2.79. The van der Waals surface area contributed by atoms with Gasteiger partial charge in [0.25, 0.3) is 0 Å². The highest BCUT2D eigenvalue weighted by molar-refractivity contribution is 5.00. The Bertz CT molecular complexity index is 663. The van der Waals surface area contributed by atoms with E-state index in [1.165, 1.54) is 24.8 Å². The van der Waals surface area contributed by atoms with Gasteiger partial charge in [-0.3, -0.25) is 0 Å². The summed E-state index contributed by atoms with van der Waals surface area (Å²) in [5, 5.41) is 12.1. The smallest absolute Gasteiger partial charge is 0.0891 e. The van der Waals surface area contributed by atoms with Gasteiger partial charge in [0.15, 0.2) is 0 Å². The van der Waals surface area contributed by atoms with Gasteiger partial charge in [0.2, 0.25) is 0 Å². The normalized spacial score (nSPS) is 28.3. The van der Waals surface area contributed by atoms with Crippen LogP contribution in [0.2, 0.25) is 0 Å². The number of hydrogen-bond donors (Lipinski definition) is 1. The van der Waals surface area contributed by atoms with Crippen molar-refractivity contribution in [2.45, 2.75) is 138 Å². The van der Waals surface area contributed by atoms with Gasteiger partial charge in [-0.25, -0.2) is 0 Å². The minimum absolute atomic E-state index is 0.190. The number of aliphatic hydroxyl groups is 1. The van der Waals surface area contributed by atoms with Crippen molar-refractivity contribution in [3.63, 3.8) is 0 Å². The molecular weight excluding hydrogens is 456 g/mol. The molecule has 0 aliphatic heterocycles. The summed E-state index contributed by atoms with van der Waals surface area (Å²) in [7, 11) is 6.63. The summed E-state index contributed by atoms with van der Waals surface area (Å²) in [6.07, 6.45) is 6.58. The summed E-state index contributed by atoms with van der Waals surface area (Å²) < 4.78 is 7.02. The fourth-order valence-electron chi connectivity index (χ4n) is 6.94. The zero-order chi connectivity index (χ0) is 28.7. The highest BCUT2D eigenvalue weighted by Gasteiger charge is 2.43. The summed E-state index contributed by atoms with van der Waals surface area (Å²) in [6, 6.07) is 1.09. The minimum Gasteiger partial charge on any atom is -0.387 e. The van der Waals surface area contributed by atoms with Gasteiger partial charge in [-0.15, -0.1) is 0 Å². The Kier molecular flexibility index (Phi) is 14.4. The molecule has 1 rings (SSSR count). The van der Waals surface area contributed by atoms with E-state index in [1.54, 1.807) is 0 Å². The van der Waals surface area contributed by atoms with Crippen molar-refractivity contribution in [2.75, 3.05) is 27.7 Å². The third-order valence-electron chi connectivity index (χ3n) is 10.1. The Morgan fingerprint density at radius 1 is 1.03 bits per heavy atom. The van der Waals surface area contributed by atoms with Crippen molar-refractivity contribution in [2.24, 2.45) is 35.5 Å². The van der Waals surface area contributed by atoms with Crippen LogP contribution in [-0.4, -0.2) is 72.5 Å². The van der Waals surface area contributed by atoms with Crippen LogP contribution in [0.15, 0.2) is 12.2 Å². The molecule has 0 saturated heterocycles. The maximum absolute atomic E-state index is 12.1. The molecule has 4 heteroatoms. The predicted molar refractivity (Wildman–Crippen MR) is 162 cm³/mol. The van der Waals surface area contributed by atoms with E-state index in [-0.39, 0.29) is 18.1 Å². The number of ether oxygens (including phenoxy) is 1. The SMILES string of the molecule is C=C(C)C(C)[C@@H](C)[C@H](C)[C@@H](OC1CC(C)CC(N(C)C)C1)[C@](C)(O)C[C@@H](C)CN(C)C(C)C(C)CCC. The lowest BCUT2D eigenvalue weighted by Gasteiger charge is -2.46. The van der Waals surface area contributed by atoms with Crippen LogP contribution in [0, 0.1) is 35.5 Å². The Labute approximate surface area is 232 Å². The van der Waals surface area contributed by atoms with E-state index in [9.17, 15) is 5.11 Å². The molecule has 0 bridgehead atoms. The van der Waals surface area contributed by atoms with Gasteiger partial charge >= 0.3 is 0 Å². The van der Waals surface area contributed by atoms with Crippen molar-refractivity contribution < 1.29 is 9.84 Å². The van der Waals surface area contributed by atoms with E-state index in [4.69, 9.17) is 4.74 Å². The van der Waals surface area contributed by atoms with Crippen LogP contribution in [0.25, 0.3) is 0 Å². The Morgan fingerprint density at radius 2 is 1.62 bits per heavy atom. The third kappa shape index (κ3) is 10.6. The number of hydrogen-bond acceptors (Lipinski definition) is 4. The standard InChI is InChI=1S/C33H66N2O2/c1-15-16-25(6)29(10)35(14)21-24(5)20-33(11,36)32(28(9)27(8)26(7)22(2)3)37-31-18-23(4)17-30(19-31)34(12)13/h23-32,36H,2,15-21H2,1,3-14H3/t23?,24-,25?,26?,27-,28+,29?,30?,31?,32-,33-/m1/s1. The summed E-state index contributed by atoms with van der Waals surface area (Å²) in [5.41, 5.74) is 0.317. The molecule has 0 radical (unpaired) electrons. The van der Waals surface area contributed by atoms with Gasteiger partial charge < -0.3 is 19.6 Å². The quantitative estimate of drug-likeness (QED) is 0.213. The van der Waals surface area contributed by atoms with Crippen LogP contribution in [0.3, 0.4) is 0 Å². The summed E-state index contributed by atoms with van der Waals surface area (Å²) in [6.45, 7) is 27.9. The van der Waals surface area contributed by atoms with Crippen molar-refractivity contribution in [1.82, 2.24) is 9.80 Å². The zero-order valence-corrected chi connectivity index (χ0v) is 27.2. The second kappa shape index (κ2) is 15.4. The first-order chi connectivity index (χ1) is 17.0. The molecule has 0 aromatic rings. The van der Waals surface area contributed by atoms with Crippen LogP contribution in [-0.2, 0) is 4.74 Å². The van der Waals surface area contributed by atoms with Crippen molar-refractivity contribution in [3.05, 3.63) is 12.2 Å². The van der Waals surface area contributed by atoms with E-state index in [2.05, 4.69) is 99.8 Å². The number of rotatable bonds is 16. The molecule has 37 heavy (non-hydrogen) atoms. The van der Waals surface area contributed by atoms with E-state index in [0.29, 0.717) is 41.7 Å². The highest BCUT2D eigenvalue weighted by atomic mass is 16.5. The first-order valence-corrected chi connectivity index (χ1v) is 15.4. The lowest BCUT2D eigenvalue weighted by Crippen LogP contribution is -2.52. The Hall–Kier alpha value is -0.420. The molecule has 0 aromatic heterocycles.